The summed E-state index contributed by atoms with van der Waals surface area (Å²) in [5.41, 5.74) is -0.0169. The number of thioether (sulfide) groups is 2. The largest absolute Gasteiger partial charge is 0.494 e. The number of ether oxygens (including phenoxy) is 4. The fourth-order valence-electron chi connectivity index (χ4n) is 6.47. The van der Waals surface area contributed by atoms with Gasteiger partial charge in [-0.1, -0.05) is 54.5 Å². The third kappa shape index (κ3) is 10.6. The molecular weight excluding hydrogens is 687 g/mol. The van der Waals surface area contributed by atoms with Crippen molar-refractivity contribution < 1.29 is 38.4 Å². The SMILES string of the molecule is CN[C@H](C(=O)N[C@H](C(=O)N(C)C(C(C)C)C1S[C@@]1(C)C(=O)O)C(C)(C)C)C(C)(C)C1=CC=C(OCCOCCOCCOCCS)C2SC12. The monoisotopic (exact) mass is 745 g/mol. The molecule has 2 aliphatic heterocycles. The Balaban J connectivity index is 1.61. The molecule has 1 aliphatic carbocycles. The molecular formula is C35H59N3O8S3. The first-order valence-electron chi connectivity index (χ1n) is 17.1. The molecule has 0 aromatic heterocycles. The van der Waals surface area contributed by atoms with E-state index in [0.717, 1.165) is 11.3 Å². The van der Waals surface area contributed by atoms with Crippen molar-refractivity contribution in [2.75, 3.05) is 66.1 Å². The Kier molecular flexibility index (Phi) is 15.3. The Bertz CT molecular complexity index is 1220. The zero-order valence-corrected chi connectivity index (χ0v) is 33.4. The normalized spacial score (nSPS) is 25.0. The van der Waals surface area contributed by atoms with Gasteiger partial charge in [0, 0.05) is 29.5 Å². The van der Waals surface area contributed by atoms with Gasteiger partial charge < -0.3 is 39.6 Å². The lowest BCUT2D eigenvalue weighted by Gasteiger charge is -2.41. The van der Waals surface area contributed by atoms with E-state index in [0.29, 0.717) is 52.0 Å². The van der Waals surface area contributed by atoms with Crippen molar-refractivity contribution in [2.24, 2.45) is 16.7 Å². The fraction of sp³-hybridized carbons (Fsp3) is 0.800. The summed E-state index contributed by atoms with van der Waals surface area (Å²) < 4.78 is 21.6. The highest BCUT2D eigenvalue weighted by Crippen LogP contribution is 2.58. The molecule has 2 saturated heterocycles. The second kappa shape index (κ2) is 17.9. The zero-order chi connectivity index (χ0) is 36.7. The van der Waals surface area contributed by atoms with Crippen molar-refractivity contribution in [1.29, 1.82) is 0 Å². The molecule has 7 atom stereocenters. The predicted octanol–water partition coefficient (Wildman–Crippen LogP) is 3.88. The second-order valence-corrected chi connectivity index (χ2v) is 18.3. The zero-order valence-electron chi connectivity index (χ0n) is 30.9. The van der Waals surface area contributed by atoms with Crippen LogP contribution in [0.25, 0.3) is 0 Å². The van der Waals surface area contributed by atoms with Gasteiger partial charge in [0.2, 0.25) is 11.8 Å². The van der Waals surface area contributed by atoms with Gasteiger partial charge in [-0.2, -0.15) is 12.6 Å². The summed E-state index contributed by atoms with van der Waals surface area (Å²) in [5.74, 6) is 0.285. The molecule has 11 nitrogen and oxygen atoms in total. The summed E-state index contributed by atoms with van der Waals surface area (Å²) in [5, 5.41) is 16.3. The summed E-state index contributed by atoms with van der Waals surface area (Å²) in [4.78, 5) is 41.8. The number of fused-ring (bicyclic) bond motifs is 1. The molecule has 0 saturated carbocycles. The third-order valence-corrected chi connectivity index (χ3v) is 12.6. The minimum atomic E-state index is -0.929. The second-order valence-electron chi connectivity index (χ2n) is 15.0. The standard InChI is InChI=1S/C35H59N3O8S3/c1-21(2)24(29-35(8,49-29)32(41)42)38(10)31(40)28(33(3,4)5)37-30(39)27(36-9)34(6,7)22-11-12-23(26-25(22)48-26)46-18-17-44-14-13-43-15-16-45-19-20-47/h11-12,21,24-29,36,47H,13-20H2,1-10H3,(H,37,39)(H,41,42)/t24?,25?,26?,27-,28-,29?,35-/m1/s1. The van der Waals surface area contributed by atoms with Gasteiger partial charge in [-0.05, 0) is 37.0 Å². The highest BCUT2D eigenvalue weighted by atomic mass is 32.2. The summed E-state index contributed by atoms with van der Waals surface area (Å²) in [6, 6.07) is -1.72. The van der Waals surface area contributed by atoms with Gasteiger partial charge in [0.05, 0.1) is 56.2 Å². The number of rotatable bonds is 22. The van der Waals surface area contributed by atoms with Gasteiger partial charge in [0.1, 0.15) is 23.2 Å². The van der Waals surface area contributed by atoms with Gasteiger partial charge in [0.25, 0.3) is 0 Å². The lowest BCUT2D eigenvalue weighted by atomic mass is 9.73. The van der Waals surface area contributed by atoms with Crippen LogP contribution in [0.4, 0.5) is 0 Å². The number of carbonyl (C=O) groups excluding carboxylic acids is 2. The first-order valence-corrected chi connectivity index (χ1v) is 19.6. The van der Waals surface area contributed by atoms with Crippen LogP contribution in [-0.2, 0) is 33.3 Å². The van der Waals surface area contributed by atoms with Crippen LogP contribution in [0.5, 0.6) is 0 Å². The number of carbonyl (C=O) groups is 3. The summed E-state index contributed by atoms with van der Waals surface area (Å²) in [6.45, 7) is 19.2. The van der Waals surface area contributed by atoms with Crippen molar-refractivity contribution in [3.63, 3.8) is 0 Å². The Morgan fingerprint density at radius 2 is 1.53 bits per heavy atom. The molecule has 3 N–H and O–H groups in total. The molecule has 0 aromatic carbocycles. The average Bonchev–Trinajstić information content (AvgIpc) is 3.94. The van der Waals surface area contributed by atoms with Crippen molar-refractivity contribution in [3.8, 4) is 0 Å². The Morgan fingerprint density at radius 3 is 2.02 bits per heavy atom. The fourth-order valence-corrected chi connectivity index (χ4v) is 9.35. The van der Waals surface area contributed by atoms with Crippen LogP contribution in [0.15, 0.2) is 23.5 Å². The molecule has 2 heterocycles. The van der Waals surface area contributed by atoms with E-state index in [-0.39, 0.29) is 39.5 Å². The molecule has 3 rings (SSSR count). The molecule has 0 aromatic rings. The van der Waals surface area contributed by atoms with Gasteiger partial charge in [-0.15, -0.1) is 23.5 Å². The molecule has 3 aliphatic rings. The number of carboxylic acid groups (broad SMARTS) is 1. The molecule has 0 radical (unpaired) electrons. The number of hydrogen-bond acceptors (Lipinski definition) is 11. The first-order chi connectivity index (χ1) is 22.9. The van der Waals surface area contributed by atoms with Crippen molar-refractivity contribution in [2.45, 2.75) is 94.0 Å². The van der Waals surface area contributed by atoms with Crippen LogP contribution < -0.4 is 10.6 Å². The summed E-state index contributed by atoms with van der Waals surface area (Å²) >= 11 is 7.28. The number of likely N-dealkylation sites (N-methyl/N-ethyl adjacent to an activating group) is 2. The molecule has 0 spiro atoms. The third-order valence-electron chi connectivity index (χ3n) is 9.47. The summed E-state index contributed by atoms with van der Waals surface area (Å²) in [7, 11) is 3.50. The van der Waals surface area contributed by atoms with Crippen LogP contribution in [0.3, 0.4) is 0 Å². The van der Waals surface area contributed by atoms with Crippen LogP contribution >= 0.6 is 36.2 Å². The maximum Gasteiger partial charge on any atom is 0.320 e. The predicted molar refractivity (Wildman–Crippen MR) is 200 cm³/mol. The number of hydrogen-bond donors (Lipinski definition) is 4. The van der Waals surface area contributed by atoms with Crippen LogP contribution in [0.1, 0.15) is 55.4 Å². The quantitative estimate of drug-likeness (QED) is 0.0731. The number of nitrogens with zero attached hydrogens (tertiary/aromatic N) is 1. The Morgan fingerprint density at radius 1 is 0.959 bits per heavy atom. The number of carboxylic acids is 1. The molecule has 0 bridgehead atoms. The van der Waals surface area contributed by atoms with Crippen LogP contribution in [0, 0.1) is 16.7 Å². The average molecular weight is 746 g/mol. The number of aliphatic carboxylic acids is 1. The molecule has 4 unspecified atom stereocenters. The van der Waals surface area contributed by atoms with Gasteiger partial charge in [-0.3, -0.25) is 14.4 Å². The van der Waals surface area contributed by atoms with Gasteiger partial charge in [0.15, 0.2) is 0 Å². The van der Waals surface area contributed by atoms with Gasteiger partial charge >= 0.3 is 5.97 Å². The molecule has 2 amide bonds. The minimum Gasteiger partial charge on any atom is -0.494 e. The van der Waals surface area contributed by atoms with E-state index in [1.165, 1.54) is 11.8 Å². The number of thiol groups is 1. The molecule has 280 valence electrons. The van der Waals surface area contributed by atoms with Crippen molar-refractivity contribution in [3.05, 3.63) is 23.5 Å². The molecule has 2 fully saturated rings. The first kappa shape index (κ1) is 42.0. The Labute approximate surface area is 307 Å². The number of amides is 2. The summed E-state index contributed by atoms with van der Waals surface area (Å²) in [6.07, 6.45) is 4.07. The van der Waals surface area contributed by atoms with Crippen molar-refractivity contribution in [1.82, 2.24) is 15.5 Å². The van der Waals surface area contributed by atoms with Crippen LogP contribution in [0.2, 0.25) is 0 Å². The smallest absolute Gasteiger partial charge is 0.320 e. The van der Waals surface area contributed by atoms with E-state index < -0.39 is 33.6 Å². The highest BCUT2D eigenvalue weighted by molar-refractivity contribution is 8.09. The van der Waals surface area contributed by atoms with E-state index >= 15 is 0 Å². The molecule has 49 heavy (non-hydrogen) atoms. The van der Waals surface area contributed by atoms with E-state index in [4.69, 9.17) is 18.9 Å². The van der Waals surface area contributed by atoms with E-state index in [2.05, 4.69) is 43.2 Å². The number of allylic oxidation sites excluding steroid dienone is 2. The van der Waals surface area contributed by atoms with Crippen molar-refractivity contribution >= 4 is 53.9 Å². The molecule has 14 heteroatoms. The Hall–Kier alpha value is -1.42. The van der Waals surface area contributed by atoms with Gasteiger partial charge in [-0.25, -0.2) is 0 Å². The lowest BCUT2D eigenvalue weighted by Crippen LogP contribution is -2.62. The van der Waals surface area contributed by atoms with E-state index in [9.17, 15) is 19.5 Å². The highest BCUT2D eigenvalue weighted by Gasteiger charge is 2.63. The maximum absolute atomic E-state index is 14.1. The van der Waals surface area contributed by atoms with E-state index in [1.807, 2.05) is 40.7 Å². The maximum atomic E-state index is 14.1. The number of nitrogens with one attached hydrogen (secondary N) is 2. The van der Waals surface area contributed by atoms with Crippen LogP contribution in [-0.4, -0.2) is 133 Å². The lowest BCUT2D eigenvalue weighted by molar-refractivity contribution is -0.143. The topological polar surface area (TPSA) is 136 Å². The minimum absolute atomic E-state index is 0.0306. The van der Waals surface area contributed by atoms with E-state index in [1.54, 1.807) is 37.7 Å².